The topological polar surface area (TPSA) is 86.7 Å². The van der Waals surface area contributed by atoms with Crippen LogP contribution in [0.2, 0.25) is 0 Å². The van der Waals surface area contributed by atoms with Crippen LogP contribution in [0, 0.1) is 0 Å². The van der Waals surface area contributed by atoms with Crippen LogP contribution in [-0.2, 0) is 64.1 Å². The molecule has 6 aromatic carbocycles. The molecule has 6 heteroatoms. The Balaban J connectivity index is 0.935. The standard InChI is InChI=1S/C47H40O6/c48-42(30-38-9-7-11-40(26-38)32-46(50)52-44-13-3-1-4-14-44)28-36-21-17-34(18-22-36)25-35-19-23-37(24-20-35)29-43(49)31-39-10-8-12-41(27-39)33-47(51)53-45-15-5-2-6-16-45/h1-24,26-27H,25,28-33H2. The summed E-state index contributed by atoms with van der Waals surface area (Å²) in [6.07, 6.45) is 2.23. The second kappa shape index (κ2) is 18.2. The minimum Gasteiger partial charge on any atom is -0.426 e. The maximum absolute atomic E-state index is 12.9. The molecule has 6 aromatic rings. The highest BCUT2D eigenvalue weighted by atomic mass is 16.5. The van der Waals surface area contributed by atoms with Crippen molar-refractivity contribution in [1.29, 1.82) is 0 Å². The van der Waals surface area contributed by atoms with Crippen LogP contribution in [0.5, 0.6) is 11.5 Å². The van der Waals surface area contributed by atoms with Crippen LogP contribution in [0.25, 0.3) is 0 Å². The van der Waals surface area contributed by atoms with Crippen molar-refractivity contribution in [2.24, 2.45) is 0 Å². The molecule has 0 aliphatic carbocycles. The predicted molar refractivity (Wildman–Crippen MR) is 205 cm³/mol. The molecule has 0 bridgehead atoms. The Morgan fingerprint density at radius 3 is 1.02 bits per heavy atom. The second-order valence-electron chi connectivity index (χ2n) is 13.2. The van der Waals surface area contributed by atoms with E-state index in [1.165, 1.54) is 0 Å². The van der Waals surface area contributed by atoms with Gasteiger partial charge in [0.2, 0.25) is 0 Å². The van der Waals surface area contributed by atoms with Crippen molar-refractivity contribution in [2.45, 2.75) is 44.9 Å². The third-order valence-electron chi connectivity index (χ3n) is 8.69. The third-order valence-corrected chi connectivity index (χ3v) is 8.69. The number of para-hydroxylation sites is 2. The molecule has 0 saturated carbocycles. The van der Waals surface area contributed by atoms with Gasteiger partial charge in [-0.1, -0.05) is 133 Å². The van der Waals surface area contributed by atoms with Crippen molar-refractivity contribution >= 4 is 23.5 Å². The lowest BCUT2D eigenvalue weighted by atomic mass is 9.97. The Morgan fingerprint density at radius 2 is 0.642 bits per heavy atom. The molecule has 0 spiro atoms. The van der Waals surface area contributed by atoms with Crippen LogP contribution in [-0.4, -0.2) is 23.5 Å². The number of ketones is 2. The van der Waals surface area contributed by atoms with Gasteiger partial charge in [0.25, 0.3) is 0 Å². The maximum atomic E-state index is 12.9. The molecular formula is C47H40O6. The summed E-state index contributed by atoms with van der Waals surface area (Å²) in [7, 11) is 0. The highest BCUT2D eigenvalue weighted by Gasteiger charge is 2.12. The summed E-state index contributed by atoms with van der Waals surface area (Å²) in [5, 5.41) is 0. The molecule has 0 aromatic heterocycles. The van der Waals surface area contributed by atoms with Crippen LogP contribution in [0.1, 0.15) is 44.5 Å². The average Bonchev–Trinajstić information content (AvgIpc) is 3.14. The Kier molecular flexibility index (Phi) is 12.5. The molecule has 6 nitrogen and oxygen atoms in total. The first-order valence-corrected chi connectivity index (χ1v) is 17.7. The van der Waals surface area contributed by atoms with E-state index in [2.05, 4.69) is 24.3 Å². The van der Waals surface area contributed by atoms with E-state index in [0.29, 0.717) is 24.3 Å². The molecule has 53 heavy (non-hydrogen) atoms. The molecule has 264 valence electrons. The number of hydrogen-bond donors (Lipinski definition) is 0. The van der Waals surface area contributed by atoms with E-state index in [0.717, 1.165) is 50.9 Å². The summed E-state index contributed by atoms with van der Waals surface area (Å²) in [6.45, 7) is 0. The Hall–Kier alpha value is -6.40. The number of benzene rings is 6. The lowest BCUT2D eigenvalue weighted by Gasteiger charge is -2.08. The molecule has 0 saturated heterocycles. The van der Waals surface area contributed by atoms with Crippen LogP contribution in [0.4, 0.5) is 0 Å². The third kappa shape index (κ3) is 11.8. The number of ether oxygens (including phenoxy) is 2. The van der Waals surface area contributed by atoms with Crippen molar-refractivity contribution in [3.8, 4) is 11.5 Å². The molecule has 0 radical (unpaired) electrons. The minimum absolute atomic E-state index is 0.100. The molecule has 0 fully saturated rings. The largest absolute Gasteiger partial charge is 0.426 e. The molecular weight excluding hydrogens is 661 g/mol. The van der Waals surface area contributed by atoms with E-state index in [1.807, 2.05) is 109 Å². The van der Waals surface area contributed by atoms with Crippen molar-refractivity contribution in [3.63, 3.8) is 0 Å². The molecule has 0 atom stereocenters. The van der Waals surface area contributed by atoms with Crippen molar-refractivity contribution in [2.75, 3.05) is 0 Å². The number of esters is 2. The zero-order valence-corrected chi connectivity index (χ0v) is 29.4. The normalized spacial score (nSPS) is 10.7. The van der Waals surface area contributed by atoms with Gasteiger partial charge in [0.1, 0.15) is 23.1 Å². The Bertz CT molecular complexity index is 2000. The molecule has 0 unspecified atom stereocenters. The van der Waals surface area contributed by atoms with Gasteiger partial charge >= 0.3 is 11.9 Å². The monoisotopic (exact) mass is 700 g/mol. The van der Waals surface area contributed by atoms with Gasteiger partial charge in [0.15, 0.2) is 0 Å². The Labute approximate surface area is 310 Å². The number of rotatable bonds is 16. The number of Topliss-reactive ketones (excluding diaryl/α,β-unsaturated/α-hetero) is 2. The predicted octanol–water partition coefficient (Wildman–Crippen LogP) is 8.28. The minimum atomic E-state index is -0.345. The molecule has 0 heterocycles. The number of hydrogen-bond acceptors (Lipinski definition) is 6. The summed E-state index contributed by atoms with van der Waals surface area (Å²) in [4.78, 5) is 50.6. The fourth-order valence-electron chi connectivity index (χ4n) is 6.17. The van der Waals surface area contributed by atoms with E-state index < -0.39 is 0 Å². The quantitative estimate of drug-likeness (QED) is 0.0747. The Morgan fingerprint density at radius 1 is 0.321 bits per heavy atom. The lowest BCUT2D eigenvalue weighted by molar-refractivity contribution is -0.134. The zero-order valence-electron chi connectivity index (χ0n) is 29.4. The summed E-state index contributed by atoms with van der Waals surface area (Å²) < 4.78 is 10.8. The first-order valence-electron chi connectivity index (χ1n) is 17.7. The van der Waals surface area contributed by atoms with Crippen molar-refractivity contribution < 1.29 is 28.7 Å². The first kappa shape index (κ1) is 36.4. The van der Waals surface area contributed by atoms with Gasteiger partial charge in [0, 0.05) is 25.7 Å². The maximum Gasteiger partial charge on any atom is 0.315 e. The summed E-state index contributed by atoms with van der Waals surface area (Å²) in [5.74, 6) is 0.527. The average molecular weight is 701 g/mol. The highest BCUT2D eigenvalue weighted by Crippen LogP contribution is 2.17. The molecule has 0 amide bonds. The van der Waals surface area contributed by atoms with Crippen molar-refractivity contribution in [1.82, 2.24) is 0 Å². The molecule has 0 aliphatic rings. The van der Waals surface area contributed by atoms with Gasteiger partial charge in [0.05, 0.1) is 12.8 Å². The summed E-state index contributed by atoms with van der Waals surface area (Å²) in [5.41, 5.74) is 7.52. The van der Waals surface area contributed by atoms with E-state index in [-0.39, 0.29) is 49.2 Å². The van der Waals surface area contributed by atoms with E-state index >= 15 is 0 Å². The smallest absolute Gasteiger partial charge is 0.315 e. The molecule has 0 aliphatic heterocycles. The van der Waals surface area contributed by atoms with Crippen LogP contribution >= 0.6 is 0 Å². The van der Waals surface area contributed by atoms with Gasteiger partial charge in [-0.25, -0.2) is 0 Å². The van der Waals surface area contributed by atoms with Gasteiger partial charge in [-0.3, -0.25) is 19.2 Å². The zero-order chi connectivity index (χ0) is 36.8. The highest BCUT2D eigenvalue weighted by molar-refractivity contribution is 5.84. The fraction of sp³-hybridized carbons (Fsp3) is 0.149. The summed E-state index contributed by atoms with van der Waals surface area (Å²) >= 11 is 0. The van der Waals surface area contributed by atoms with Gasteiger partial charge in [-0.15, -0.1) is 0 Å². The van der Waals surface area contributed by atoms with E-state index in [4.69, 9.17) is 9.47 Å². The SMILES string of the molecule is O=C(Cc1ccc(Cc2ccc(CC(=O)Cc3cccc(CC(=O)Oc4ccccc4)c3)cc2)cc1)Cc1cccc(CC(=O)Oc2ccccc2)c1. The van der Waals surface area contributed by atoms with Crippen LogP contribution < -0.4 is 9.47 Å². The molecule has 0 N–H and O–H groups in total. The fourth-order valence-corrected chi connectivity index (χ4v) is 6.17. The van der Waals surface area contributed by atoms with E-state index in [9.17, 15) is 19.2 Å². The number of carbonyl (C=O) groups is 4. The second-order valence-corrected chi connectivity index (χ2v) is 13.2. The van der Waals surface area contributed by atoms with Gasteiger partial charge < -0.3 is 9.47 Å². The number of carbonyl (C=O) groups excluding carboxylic acids is 4. The lowest BCUT2D eigenvalue weighted by Crippen LogP contribution is -2.12. The van der Waals surface area contributed by atoms with Gasteiger partial charge in [-0.2, -0.15) is 0 Å². The van der Waals surface area contributed by atoms with E-state index in [1.54, 1.807) is 24.3 Å². The molecule has 6 rings (SSSR count). The van der Waals surface area contributed by atoms with Gasteiger partial charge in [-0.05, 0) is 75.2 Å². The van der Waals surface area contributed by atoms with Crippen LogP contribution in [0.15, 0.2) is 158 Å². The van der Waals surface area contributed by atoms with Crippen molar-refractivity contribution in [3.05, 3.63) is 202 Å². The summed E-state index contributed by atoms with van der Waals surface area (Å²) in [6, 6.07) is 49.2. The van der Waals surface area contributed by atoms with Crippen LogP contribution in [0.3, 0.4) is 0 Å². The first-order chi connectivity index (χ1) is 25.8.